The van der Waals surface area contributed by atoms with Crippen molar-refractivity contribution in [2.24, 2.45) is 0 Å². The standard InChI is InChI=1S/C28H28ClN5O5/c1-16(35)20-10-8-18(29)13-17(20)7-12-26(37)32-22-5-3-4-6-25(36)33-23-14-19(31-28(38)39-2)9-11-21(23)24-15-30-27(22)34-24/h7-15,22H,3-6H2,1-2H3,(H,30,34)(H,31,38)(H,32,37)(H,33,36). The highest BCUT2D eigenvalue weighted by atomic mass is 35.5. The maximum atomic E-state index is 12.9. The third kappa shape index (κ3) is 7.11. The van der Waals surface area contributed by atoms with Crippen LogP contribution in [0.25, 0.3) is 17.3 Å². The molecule has 0 spiro atoms. The second-order valence-corrected chi connectivity index (χ2v) is 9.47. The van der Waals surface area contributed by atoms with Gasteiger partial charge >= 0.3 is 6.09 Å². The van der Waals surface area contributed by atoms with Crippen LogP contribution in [0.15, 0.2) is 48.7 Å². The van der Waals surface area contributed by atoms with Crippen molar-refractivity contribution in [1.29, 1.82) is 0 Å². The van der Waals surface area contributed by atoms with Gasteiger partial charge in [0.1, 0.15) is 5.82 Å². The zero-order valence-corrected chi connectivity index (χ0v) is 22.2. The number of rotatable bonds is 5. The molecule has 1 aliphatic rings. The molecule has 2 bridgehead atoms. The quantitative estimate of drug-likeness (QED) is 0.245. The molecule has 0 aliphatic carbocycles. The zero-order chi connectivity index (χ0) is 27.9. The molecule has 3 amide bonds. The van der Waals surface area contributed by atoms with Crippen LogP contribution in [0.2, 0.25) is 5.02 Å². The number of carbonyl (C=O) groups excluding carboxylic acids is 4. The topological polar surface area (TPSA) is 142 Å². The van der Waals surface area contributed by atoms with Crippen molar-refractivity contribution in [1.82, 2.24) is 15.3 Å². The van der Waals surface area contributed by atoms with E-state index in [1.807, 2.05) is 0 Å². The van der Waals surface area contributed by atoms with Crippen molar-refractivity contribution in [3.8, 4) is 11.3 Å². The second-order valence-electron chi connectivity index (χ2n) is 9.04. The number of amides is 3. The molecule has 4 N–H and O–H groups in total. The lowest BCUT2D eigenvalue weighted by Gasteiger charge is -2.17. The first-order valence-electron chi connectivity index (χ1n) is 12.4. The Balaban J connectivity index is 1.59. The van der Waals surface area contributed by atoms with Crippen molar-refractivity contribution in [3.05, 3.63) is 70.6 Å². The third-order valence-electron chi connectivity index (χ3n) is 6.21. The van der Waals surface area contributed by atoms with Crippen LogP contribution in [0, 0.1) is 0 Å². The summed E-state index contributed by atoms with van der Waals surface area (Å²) in [5.41, 5.74) is 3.26. The predicted octanol–water partition coefficient (Wildman–Crippen LogP) is 5.49. The molecule has 0 radical (unpaired) electrons. The van der Waals surface area contributed by atoms with E-state index in [9.17, 15) is 19.2 Å². The summed E-state index contributed by atoms with van der Waals surface area (Å²) in [6.07, 6.45) is 6.03. The number of carbonyl (C=O) groups is 4. The summed E-state index contributed by atoms with van der Waals surface area (Å²) in [4.78, 5) is 56.9. The molecule has 10 nitrogen and oxygen atoms in total. The van der Waals surface area contributed by atoms with Gasteiger partial charge in [0.25, 0.3) is 0 Å². The normalized spacial score (nSPS) is 15.4. The Bertz CT molecular complexity index is 1450. The molecule has 2 heterocycles. The van der Waals surface area contributed by atoms with Crippen molar-refractivity contribution >= 4 is 52.7 Å². The van der Waals surface area contributed by atoms with E-state index >= 15 is 0 Å². The van der Waals surface area contributed by atoms with E-state index in [0.717, 1.165) is 0 Å². The highest BCUT2D eigenvalue weighted by Crippen LogP contribution is 2.32. The van der Waals surface area contributed by atoms with Gasteiger partial charge in [-0.3, -0.25) is 19.7 Å². The van der Waals surface area contributed by atoms with E-state index < -0.39 is 12.1 Å². The van der Waals surface area contributed by atoms with Crippen LogP contribution in [0.4, 0.5) is 16.2 Å². The summed E-state index contributed by atoms with van der Waals surface area (Å²) in [7, 11) is 1.27. The number of benzene rings is 2. The SMILES string of the molecule is COC(=O)Nc1ccc2c(c1)NC(=O)CCCCC(NC(=O)C=Cc1cc(Cl)ccc1C(C)=O)c1ncc-2[nH]1. The van der Waals surface area contributed by atoms with Crippen LogP contribution in [-0.4, -0.2) is 40.8 Å². The number of nitrogens with one attached hydrogen (secondary N) is 4. The smallest absolute Gasteiger partial charge is 0.411 e. The minimum Gasteiger partial charge on any atom is -0.453 e. The Labute approximate surface area is 230 Å². The van der Waals surface area contributed by atoms with Gasteiger partial charge in [0.15, 0.2) is 5.78 Å². The van der Waals surface area contributed by atoms with Crippen LogP contribution in [0.3, 0.4) is 0 Å². The van der Waals surface area contributed by atoms with E-state index in [-0.39, 0.29) is 24.0 Å². The summed E-state index contributed by atoms with van der Waals surface area (Å²) in [5, 5.41) is 8.93. The number of halogens is 1. The van der Waals surface area contributed by atoms with Gasteiger partial charge in [-0.1, -0.05) is 18.0 Å². The van der Waals surface area contributed by atoms with Gasteiger partial charge in [-0.05, 0) is 67.8 Å². The van der Waals surface area contributed by atoms with Gasteiger partial charge < -0.3 is 20.4 Å². The fraction of sp³-hybridized carbons (Fsp3) is 0.250. The number of ether oxygens (including phenoxy) is 1. The molecule has 4 rings (SSSR count). The van der Waals surface area contributed by atoms with E-state index in [4.69, 9.17) is 11.6 Å². The van der Waals surface area contributed by atoms with Crippen molar-refractivity contribution in [2.45, 2.75) is 38.6 Å². The molecular formula is C28H28ClN5O5. The number of methoxy groups -OCH3 is 1. The second kappa shape index (κ2) is 12.4. The average Bonchev–Trinajstić information content (AvgIpc) is 3.38. The highest BCUT2D eigenvalue weighted by Gasteiger charge is 2.20. The third-order valence-corrected chi connectivity index (χ3v) is 6.45. The molecule has 1 atom stereocenters. The van der Waals surface area contributed by atoms with E-state index in [2.05, 4.69) is 30.7 Å². The summed E-state index contributed by atoms with van der Waals surface area (Å²) in [6, 6.07) is 9.53. The molecule has 1 aromatic heterocycles. The number of imidazole rings is 1. The molecular weight excluding hydrogens is 522 g/mol. The Kier molecular flexibility index (Phi) is 8.77. The van der Waals surface area contributed by atoms with Crippen molar-refractivity contribution < 1.29 is 23.9 Å². The molecule has 0 saturated carbocycles. The molecule has 1 aliphatic heterocycles. The predicted molar refractivity (Wildman–Crippen MR) is 149 cm³/mol. The van der Waals surface area contributed by atoms with Crippen LogP contribution in [0.5, 0.6) is 0 Å². The number of ketones is 1. The van der Waals surface area contributed by atoms with Crippen molar-refractivity contribution in [3.63, 3.8) is 0 Å². The first-order chi connectivity index (χ1) is 18.7. The highest BCUT2D eigenvalue weighted by molar-refractivity contribution is 6.31. The number of hydrogen-bond acceptors (Lipinski definition) is 6. The van der Waals surface area contributed by atoms with E-state index in [1.165, 1.54) is 20.1 Å². The van der Waals surface area contributed by atoms with Crippen LogP contribution in [0.1, 0.15) is 60.4 Å². The minimum atomic E-state index is -0.626. The van der Waals surface area contributed by atoms with Gasteiger partial charge in [-0.25, -0.2) is 9.78 Å². The molecule has 11 heteroatoms. The summed E-state index contributed by atoms with van der Waals surface area (Å²) in [5.74, 6) is -0.102. The number of H-pyrrole nitrogens is 1. The first kappa shape index (κ1) is 27.6. The molecule has 202 valence electrons. The number of anilines is 2. The number of aromatic nitrogens is 2. The van der Waals surface area contributed by atoms with Gasteiger partial charge in [0.2, 0.25) is 11.8 Å². The van der Waals surface area contributed by atoms with E-state index in [0.29, 0.717) is 63.9 Å². The van der Waals surface area contributed by atoms with E-state index in [1.54, 1.807) is 48.7 Å². The number of fused-ring (bicyclic) bond motifs is 4. The Morgan fingerprint density at radius 1 is 1.15 bits per heavy atom. The van der Waals surface area contributed by atoms with Crippen LogP contribution in [-0.2, 0) is 14.3 Å². The largest absolute Gasteiger partial charge is 0.453 e. The fourth-order valence-corrected chi connectivity index (χ4v) is 4.46. The lowest BCUT2D eigenvalue weighted by atomic mass is 10.0. The monoisotopic (exact) mass is 549 g/mol. The van der Waals surface area contributed by atoms with Gasteiger partial charge in [0, 0.05) is 34.3 Å². The Morgan fingerprint density at radius 3 is 2.74 bits per heavy atom. The zero-order valence-electron chi connectivity index (χ0n) is 21.5. The average molecular weight is 550 g/mol. The lowest BCUT2D eigenvalue weighted by molar-refractivity contribution is -0.118. The lowest BCUT2D eigenvalue weighted by Crippen LogP contribution is -2.28. The maximum Gasteiger partial charge on any atom is 0.411 e. The number of aromatic amines is 1. The molecule has 3 aromatic rings. The Morgan fingerprint density at radius 2 is 1.97 bits per heavy atom. The molecule has 1 unspecified atom stereocenters. The summed E-state index contributed by atoms with van der Waals surface area (Å²) < 4.78 is 4.65. The molecule has 0 saturated heterocycles. The first-order valence-corrected chi connectivity index (χ1v) is 12.7. The molecule has 0 fully saturated rings. The molecule has 2 aromatic carbocycles. The fourth-order valence-electron chi connectivity index (χ4n) is 4.28. The van der Waals surface area contributed by atoms with Gasteiger partial charge in [-0.2, -0.15) is 0 Å². The van der Waals surface area contributed by atoms with Crippen molar-refractivity contribution in [2.75, 3.05) is 17.7 Å². The summed E-state index contributed by atoms with van der Waals surface area (Å²) in [6.45, 7) is 1.45. The number of Topliss-reactive ketones (excluding diaryl/α,β-unsaturated/α-hetero) is 1. The summed E-state index contributed by atoms with van der Waals surface area (Å²) >= 11 is 6.08. The van der Waals surface area contributed by atoms with Crippen LogP contribution < -0.4 is 16.0 Å². The van der Waals surface area contributed by atoms with Gasteiger partial charge in [0.05, 0.1) is 30.7 Å². The minimum absolute atomic E-state index is 0.133. The van der Waals surface area contributed by atoms with Gasteiger partial charge in [-0.15, -0.1) is 0 Å². The number of hydrogen-bond donors (Lipinski definition) is 4. The Hall–Kier alpha value is -4.44. The molecule has 39 heavy (non-hydrogen) atoms. The number of nitrogens with zero attached hydrogens (tertiary/aromatic N) is 1. The van der Waals surface area contributed by atoms with Crippen LogP contribution >= 0.6 is 11.6 Å². The maximum absolute atomic E-state index is 12.9.